The minimum absolute atomic E-state index is 0. The normalized spacial score (nSPS) is 18.0. The van der Waals surface area contributed by atoms with Crippen LogP contribution < -0.4 is 11.1 Å². The van der Waals surface area contributed by atoms with Crippen molar-refractivity contribution in [1.29, 1.82) is 0 Å². The first-order chi connectivity index (χ1) is 10.1. The molecule has 116 valence electrons. The van der Waals surface area contributed by atoms with E-state index in [1.54, 1.807) is 0 Å². The predicted octanol–water partition coefficient (Wildman–Crippen LogP) is 1.94. The van der Waals surface area contributed by atoms with Gasteiger partial charge in [-0.25, -0.2) is 0 Å². The zero-order valence-electron chi connectivity index (χ0n) is 12.3. The van der Waals surface area contributed by atoms with Crippen molar-refractivity contribution in [2.45, 2.75) is 32.2 Å². The van der Waals surface area contributed by atoms with Gasteiger partial charge in [-0.3, -0.25) is 19.9 Å². The highest BCUT2D eigenvalue weighted by molar-refractivity contribution is 6.01. The highest BCUT2D eigenvalue weighted by atomic mass is 35.5. The quantitative estimate of drug-likeness (QED) is 0.828. The van der Waals surface area contributed by atoms with Gasteiger partial charge in [0.15, 0.2) is 0 Å². The van der Waals surface area contributed by atoms with Crippen LogP contribution in [0.1, 0.15) is 35.6 Å². The number of hydrogen-bond donors (Lipinski definition) is 2. The Kier molecular flexibility index (Phi) is 4.78. The lowest BCUT2D eigenvalue weighted by molar-refractivity contribution is -0.134. The summed E-state index contributed by atoms with van der Waals surface area (Å²) in [6.07, 6.45) is 0.916. The minimum atomic E-state index is -0.297. The molecule has 2 heterocycles. The van der Waals surface area contributed by atoms with E-state index in [0.717, 1.165) is 27.7 Å². The molecule has 1 aromatic heterocycles. The Labute approximate surface area is 134 Å². The Hall–Kier alpha value is -1.98. The highest BCUT2D eigenvalue weighted by Crippen LogP contribution is 2.29. The molecule has 0 radical (unpaired) electrons. The third kappa shape index (κ3) is 2.96. The molecule has 2 aromatic rings. The molecule has 0 saturated carbocycles. The molecule has 1 saturated heterocycles. The van der Waals surface area contributed by atoms with Gasteiger partial charge >= 0.3 is 0 Å². The van der Waals surface area contributed by atoms with Gasteiger partial charge in [0, 0.05) is 24.0 Å². The number of amides is 2. The maximum Gasteiger partial charge on any atom is 0.234 e. The summed E-state index contributed by atoms with van der Waals surface area (Å²) in [5.41, 5.74) is 9.28. The molecule has 0 aliphatic carbocycles. The molecule has 1 unspecified atom stereocenters. The maximum atomic E-state index is 12.0. The largest absolute Gasteiger partial charge is 0.326 e. The van der Waals surface area contributed by atoms with Gasteiger partial charge < -0.3 is 5.73 Å². The van der Waals surface area contributed by atoms with Crippen LogP contribution >= 0.6 is 12.4 Å². The van der Waals surface area contributed by atoms with Gasteiger partial charge in [-0.1, -0.05) is 12.1 Å². The predicted molar refractivity (Wildman–Crippen MR) is 86.7 cm³/mol. The molecule has 6 heteroatoms. The Morgan fingerprint density at radius 3 is 2.77 bits per heavy atom. The lowest BCUT2D eigenvalue weighted by Gasteiger charge is -2.22. The molecule has 0 spiro atoms. The number of carbonyl (C=O) groups is 2. The van der Waals surface area contributed by atoms with Crippen LogP contribution in [0.2, 0.25) is 0 Å². The third-order valence-corrected chi connectivity index (χ3v) is 3.96. The number of benzene rings is 1. The molecule has 1 aromatic carbocycles. The van der Waals surface area contributed by atoms with E-state index in [4.69, 9.17) is 5.73 Å². The molecular formula is C16H18ClN3O2. The van der Waals surface area contributed by atoms with Crippen LogP contribution in [0.3, 0.4) is 0 Å². The Bertz CT molecular complexity index is 745. The second-order valence-electron chi connectivity index (χ2n) is 5.40. The number of aromatic nitrogens is 1. The van der Waals surface area contributed by atoms with E-state index in [2.05, 4.69) is 10.3 Å². The Balaban J connectivity index is 0.00000176. The molecule has 3 rings (SSSR count). The highest BCUT2D eigenvalue weighted by Gasteiger charge is 2.29. The van der Waals surface area contributed by atoms with Crippen molar-refractivity contribution < 1.29 is 9.59 Å². The monoisotopic (exact) mass is 319 g/mol. The van der Waals surface area contributed by atoms with Crippen LogP contribution in [0.25, 0.3) is 10.9 Å². The van der Waals surface area contributed by atoms with Crippen molar-refractivity contribution in [3.05, 3.63) is 41.1 Å². The summed E-state index contributed by atoms with van der Waals surface area (Å²) in [5.74, 6) is -0.724. The number of halogens is 1. The fourth-order valence-corrected chi connectivity index (χ4v) is 2.80. The second-order valence-corrected chi connectivity index (χ2v) is 5.40. The summed E-state index contributed by atoms with van der Waals surface area (Å²) in [4.78, 5) is 27.9. The van der Waals surface area contributed by atoms with E-state index in [1.165, 1.54) is 0 Å². The van der Waals surface area contributed by atoms with Gasteiger partial charge in [0.05, 0.1) is 11.4 Å². The number of pyridine rings is 1. The molecule has 22 heavy (non-hydrogen) atoms. The third-order valence-electron chi connectivity index (χ3n) is 3.96. The summed E-state index contributed by atoms with van der Waals surface area (Å²) in [7, 11) is 0. The van der Waals surface area contributed by atoms with Crippen molar-refractivity contribution in [2.24, 2.45) is 5.73 Å². The number of aryl methyl sites for hydroxylation is 1. The van der Waals surface area contributed by atoms with E-state index in [-0.39, 0.29) is 30.1 Å². The van der Waals surface area contributed by atoms with Crippen LogP contribution in [-0.4, -0.2) is 16.8 Å². The van der Waals surface area contributed by atoms with Crippen LogP contribution in [-0.2, 0) is 16.1 Å². The molecule has 3 N–H and O–H groups in total. The first-order valence-corrected chi connectivity index (χ1v) is 7.02. The molecular weight excluding hydrogens is 302 g/mol. The van der Waals surface area contributed by atoms with Crippen LogP contribution in [0, 0.1) is 6.92 Å². The van der Waals surface area contributed by atoms with Gasteiger partial charge in [-0.2, -0.15) is 0 Å². The molecule has 1 atom stereocenters. The van der Waals surface area contributed by atoms with Gasteiger partial charge in [0.25, 0.3) is 0 Å². The van der Waals surface area contributed by atoms with Gasteiger partial charge in [-0.15, -0.1) is 12.4 Å². The first kappa shape index (κ1) is 16.4. The van der Waals surface area contributed by atoms with Gasteiger partial charge in [0.1, 0.15) is 0 Å². The molecule has 5 nitrogen and oxygen atoms in total. The van der Waals surface area contributed by atoms with E-state index in [9.17, 15) is 9.59 Å². The van der Waals surface area contributed by atoms with E-state index >= 15 is 0 Å². The fraction of sp³-hybridized carbons (Fsp3) is 0.312. The number of rotatable bonds is 2. The maximum absolute atomic E-state index is 12.0. The number of hydrogen-bond acceptors (Lipinski definition) is 4. The summed E-state index contributed by atoms with van der Waals surface area (Å²) < 4.78 is 0. The standard InChI is InChI=1S/C16H17N3O2.ClH/c1-9-13(12-4-5-15(20)19-16(12)21)7-11-3-2-10(8-17)6-14(11)18-9;/h2-3,6-7,12H,4-5,8,17H2,1H3,(H,19,20,21);1H. The van der Waals surface area contributed by atoms with Crippen LogP contribution in [0.4, 0.5) is 0 Å². The summed E-state index contributed by atoms with van der Waals surface area (Å²) >= 11 is 0. The van der Waals surface area contributed by atoms with Crippen molar-refractivity contribution in [1.82, 2.24) is 10.3 Å². The number of imide groups is 1. The number of carbonyl (C=O) groups excluding carboxylic acids is 2. The Morgan fingerprint density at radius 2 is 2.09 bits per heavy atom. The smallest absolute Gasteiger partial charge is 0.234 e. The second kappa shape index (κ2) is 6.42. The number of nitrogens with two attached hydrogens (primary N) is 1. The van der Waals surface area contributed by atoms with E-state index in [0.29, 0.717) is 19.4 Å². The van der Waals surface area contributed by atoms with Crippen molar-refractivity contribution >= 4 is 35.1 Å². The summed E-state index contributed by atoms with van der Waals surface area (Å²) in [5, 5.41) is 3.38. The topological polar surface area (TPSA) is 85.1 Å². The zero-order chi connectivity index (χ0) is 15.0. The molecule has 0 bridgehead atoms. The summed E-state index contributed by atoms with van der Waals surface area (Å²) in [6.45, 7) is 2.37. The number of nitrogens with zero attached hydrogens (tertiary/aromatic N) is 1. The average molecular weight is 320 g/mol. The SMILES string of the molecule is Cc1nc2cc(CN)ccc2cc1C1CCC(=O)NC1=O.Cl. The average Bonchev–Trinajstić information content (AvgIpc) is 2.46. The van der Waals surface area contributed by atoms with E-state index < -0.39 is 0 Å². The van der Waals surface area contributed by atoms with Crippen molar-refractivity contribution in [3.63, 3.8) is 0 Å². The lowest BCUT2D eigenvalue weighted by Crippen LogP contribution is -2.39. The molecule has 2 amide bonds. The van der Waals surface area contributed by atoms with Crippen LogP contribution in [0.5, 0.6) is 0 Å². The number of nitrogens with one attached hydrogen (secondary N) is 1. The van der Waals surface area contributed by atoms with Crippen molar-refractivity contribution in [3.8, 4) is 0 Å². The van der Waals surface area contributed by atoms with Gasteiger partial charge in [-0.05, 0) is 36.6 Å². The van der Waals surface area contributed by atoms with E-state index in [1.807, 2.05) is 31.2 Å². The molecule has 1 fully saturated rings. The van der Waals surface area contributed by atoms with Gasteiger partial charge in [0.2, 0.25) is 11.8 Å². The zero-order valence-corrected chi connectivity index (χ0v) is 13.1. The summed E-state index contributed by atoms with van der Waals surface area (Å²) in [6, 6.07) is 7.90. The lowest BCUT2D eigenvalue weighted by atomic mass is 9.89. The molecule has 1 aliphatic rings. The minimum Gasteiger partial charge on any atom is -0.326 e. The van der Waals surface area contributed by atoms with Crippen molar-refractivity contribution in [2.75, 3.05) is 0 Å². The Morgan fingerprint density at radius 1 is 1.32 bits per heavy atom. The molecule has 1 aliphatic heterocycles. The van der Waals surface area contributed by atoms with Crippen LogP contribution in [0.15, 0.2) is 24.3 Å². The number of piperidine rings is 1. The number of fused-ring (bicyclic) bond motifs is 1. The fourth-order valence-electron chi connectivity index (χ4n) is 2.80. The first-order valence-electron chi connectivity index (χ1n) is 7.02.